The van der Waals surface area contributed by atoms with Crippen molar-refractivity contribution in [2.75, 3.05) is 4.90 Å². The molecule has 0 bridgehead atoms. The van der Waals surface area contributed by atoms with E-state index in [9.17, 15) is 0 Å². The molecule has 13 aromatic carbocycles. The summed E-state index contributed by atoms with van der Waals surface area (Å²) in [6, 6.07) is 113. The van der Waals surface area contributed by atoms with Crippen LogP contribution in [0, 0.1) is 0 Å². The van der Waals surface area contributed by atoms with Crippen molar-refractivity contribution < 1.29 is 9.47 Å². The summed E-state index contributed by atoms with van der Waals surface area (Å²) in [7, 11) is 0. The van der Waals surface area contributed by atoms with Crippen LogP contribution in [-0.2, 0) is 10.8 Å². The van der Waals surface area contributed by atoms with Gasteiger partial charge in [-0.3, -0.25) is 0 Å². The minimum absolute atomic E-state index is 0.518. The van der Waals surface area contributed by atoms with Gasteiger partial charge in [-0.2, -0.15) is 0 Å². The summed E-state index contributed by atoms with van der Waals surface area (Å²) in [5.74, 6) is 3.56. The Bertz CT molecular complexity index is 4640. The molecule has 3 nitrogen and oxygen atoms in total. The van der Waals surface area contributed by atoms with Gasteiger partial charge in [0, 0.05) is 39.2 Å². The first-order chi connectivity index (χ1) is 41.2. The number of hydrogen-bond acceptors (Lipinski definition) is 3. The monoisotopic (exact) mass is 1060 g/mol. The highest BCUT2D eigenvalue weighted by molar-refractivity contribution is 6.01. The molecule has 2 aliphatic carbocycles. The maximum absolute atomic E-state index is 6.72. The Kier molecular flexibility index (Phi) is 10.4. The van der Waals surface area contributed by atoms with Crippen LogP contribution in [0.1, 0.15) is 44.5 Å². The minimum atomic E-state index is -0.590. The summed E-state index contributed by atoms with van der Waals surface area (Å²) in [5, 5.41) is 0. The van der Waals surface area contributed by atoms with Crippen LogP contribution in [0.4, 0.5) is 17.1 Å². The van der Waals surface area contributed by atoms with Gasteiger partial charge in [0.2, 0.25) is 0 Å². The largest absolute Gasteiger partial charge is 0.457 e. The molecule has 0 amide bonds. The fourth-order valence-electron chi connectivity index (χ4n) is 14.6. The third-order valence-corrected chi connectivity index (χ3v) is 18.1. The molecule has 3 heteroatoms. The first-order valence-corrected chi connectivity index (χ1v) is 28.6. The number of hydrogen-bond donors (Lipinski definition) is 0. The average molecular weight is 1060 g/mol. The van der Waals surface area contributed by atoms with Crippen LogP contribution >= 0.6 is 0 Å². The van der Waals surface area contributed by atoms with Crippen LogP contribution in [-0.4, -0.2) is 0 Å². The van der Waals surface area contributed by atoms with Gasteiger partial charge in [0.15, 0.2) is 0 Å². The van der Waals surface area contributed by atoms with E-state index in [1.165, 1.54) is 77.9 Å². The smallest absolute Gasteiger partial charge is 0.132 e. The highest BCUT2D eigenvalue weighted by atomic mass is 16.5. The third-order valence-electron chi connectivity index (χ3n) is 18.1. The van der Waals surface area contributed by atoms with Crippen molar-refractivity contribution in [3.63, 3.8) is 0 Å². The Morgan fingerprint density at radius 1 is 0.217 bits per heavy atom. The molecule has 83 heavy (non-hydrogen) atoms. The van der Waals surface area contributed by atoms with Crippen LogP contribution in [0.25, 0.3) is 66.8 Å². The van der Waals surface area contributed by atoms with Gasteiger partial charge in [-0.1, -0.05) is 249 Å². The van der Waals surface area contributed by atoms with E-state index in [0.717, 1.165) is 73.4 Å². The maximum atomic E-state index is 6.72. The van der Waals surface area contributed by atoms with Crippen LogP contribution in [0.15, 0.2) is 309 Å². The average Bonchev–Trinajstić information content (AvgIpc) is 2.51. The zero-order chi connectivity index (χ0) is 54.6. The summed E-state index contributed by atoms with van der Waals surface area (Å²) < 4.78 is 13.4. The molecule has 0 unspecified atom stereocenters. The molecular formula is C80H51NO2. The molecule has 2 spiro atoms. The molecule has 0 fully saturated rings. The van der Waals surface area contributed by atoms with Crippen molar-refractivity contribution in [1.82, 2.24) is 0 Å². The van der Waals surface area contributed by atoms with Crippen LogP contribution in [0.3, 0.4) is 0 Å². The number of nitrogens with zero attached hydrogens (tertiary/aromatic N) is 1. The minimum Gasteiger partial charge on any atom is -0.457 e. The number of fused-ring (bicyclic) bond motifs is 18. The Morgan fingerprint density at radius 2 is 0.566 bits per heavy atom. The second kappa shape index (κ2) is 18.4. The van der Waals surface area contributed by atoms with Crippen molar-refractivity contribution in [3.05, 3.63) is 354 Å². The zero-order valence-electron chi connectivity index (χ0n) is 45.2. The van der Waals surface area contributed by atoms with Crippen molar-refractivity contribution in [2.45, 2.75) is 10.8 Å². The molecular weight excluding hydrogens is 1010 g/mol. The van der Waals surface area contributed by atoms with Gasteiger partial charge in [-0.05, 0) is 144 Å². The molecule has 0 saturated heterocycles. The van der Waals surface area contributed by atoms with E-state index in [4.69, 9.17) is 9.47 Å². The first-order valence-electron chi connectivity index (χ1n) is 28.6. The predicted octanol–water partition coefficient (Wildman–Crippen LogP) is 20.8. The van der Waals surface area contributed by atoms with Crippen molar-refractivity contribution in [2.24, 2.45) is 0 Å². The van der Waals surface area contributed by atoms with Gasteiger partial charge in [-0.25, -0.2) is 0 Å². The molecule has 0 N–H and O–H groups in total. The molecule has 4 aliphatic rings. The molecule has 0 radical (unpaired) electrons. The van der Waals surface area contributed by atoms with E-state index in [1.807, 2.05) is 0 Å². The fraction of sp³-hybridized carbons (Fsp3) is 0.0250. The zero-order valence-corrected chi connectivity index (χ0v) is 45.2. The molecule has 0 saturated carbocycles. The maximum Gasteiger partial charge on any atom is 0.132 e. The van der Waals surface area contributed by atoms with Gasteiger partial charge >= 0.3 is 0 Å². The van der Waals surface area contributed by atoms with Gasteiger partial charge < -0.3 is 14.4 Å². The summed E-state index contributed by atoms with van der Waals surface area (Å²) >= 11 is 0. The lowest BCUT2D eigenvalue weighted by molar-refractivity contribution is 0.436. The molecule has 0 aromatic heterocycles. The summed E-state index contributed by atoms with van der Waals surface area (Å²) in [4.78, 5) is 2.44. The topological polar surface area (TPSA) is 21.7 Å². The summed E-state index contributed by atoms with van der Waals surface area (Å²) in [6.45, 7) is 0. The van der Waals surface area contributed by atoms with Crippen molar-refractivity contribution in [1.29, 1.82) is 0 Å². The van der Waals surface area contributed by atoms with E-state index in [2.05, 4.69) is 314 Å². The van der Waals surface area contributed by atoms with Gasteiger partial charge in [-0.15, -0.1) is 0 Å². The molecule has 13 aromatic rings. The highest BCUT2D eigenvalue weighted by Crippen LogP contribution is 2.65. The second-order valence-corrected chi connectivity index (χ2v) is 22.2. The van der Waals surface area contributed by atoms with E-state index in [-0.39, 0.29) is 0 Å². The number of ether oxygens (including phenoxy) is 2. The number of benzene rings is 13. The van der Waals surface area contributed by atoms with Gasteiger partial charge in [0.05, 0.1) is 16.5 Å². The SMILES string of the molecule is c1ccc(-c2ccc(-c3ccc(N(c4ccc(-c5ccc6c(c5)-c5ccccc5C65c6ccccc6Oc6ccccc65)cc4)c4ccccc4-c4cccc5c4-c4ccccc4C54c5ccccc5Oc5ccccc54)cc3)cc2)cc1. The van der Waals surface area contributed by atoms with Gasteiger partial charge in [0.1, 0.15) is 23.0 Å². The van der Waals surface area contributed by atoms with Crippen molar-refractivity contribution in [3.8, 4) is 89.8 Å². The molecule has 388 valence electrons. The van der Waals surface area contributed by atoms with E-state index < -0.39 is 10.8 Å². The van der Waals surface area contributed by atoms with E-state index >= 15 is 0 Å². The predicted molar refractivity (Wildman–Crippen MR) is 338 cm³/mol. The van der Waals surface area contributed by atoms with Crippen molar-refractivity contribution >= 4 is 17.1 Å². The lowest BCUT2D eigenvalue weighted by Crippen LogP contribution is -2.32. The number of rotatable bonds is 7. The lowest BCUT2D eigenvalue weighted by atomic mass is 9.66. The molecule has 2 heterocycles. The Morgan fingerprint density at radius 3 is 1.11 bits per heavy atom. The lowest BCUT2D eigenvalue weighted by Gasteiger charge is -2.39. The Balaban J connectivity index is 0.816. The van der Waals surface area contributed by atoms with E-state index in [1.54, 1.807) is 0 Å². The normalized spacial score (nSPS) is 13.7. The van der Waals surface area contributed by atoms with E-state index in [0.29, 0.717) is 0 Å². The quantitative estimate of drug-likeness (QED) is 0.159. The summed E-state index contributed by atoms with van der Waals surface area (Å²) in [5.41, 5.74) is 26.1. The Labute approximate surface area is 483 Å². The third kappa shape index (κ3) is 6.86. The highest BCUT2D eigenvalue weighted by Gasteiger charge is 2.53. The summed E-state index contributed by atoms with van der Waals surface area (Å²) in [6.07, 6.45) is 0. The standard InChI is InChI=1S/C80H51NO2/c1-2-19-52(20-3-1)53-37-39-54(40-38-53)55-41-46-58(47-42-55)81(59-48-43-56(44-49-59)57-45-50-67-64(51-57)60-21-4-7-25-65(60)79(67)68-27-9-14-33-74(68)82-75-34-15-10-28-69(75)79)73-32-13-6-22-61(73)62-24-18-31-72-78(62)63-23-5-8-26-66(63)80(72)70-29-11-16-35-76(70)83-77-36-17-12-30-71(77)80/h1-51H. The fourth-order valence-corrected chi connectivity index (χ4v) is 14.6. The molecule has 0 atom stereocenters. The number of para-hydroxylation sites is 5. The molecule has 2 aliphatic heterocycles. The second-order valence-electron chi connectivity index (χ2n) is 22.2. The van der Waals surface area contributed by atoms with Crippen LogP contribution < -0.4 is 14.4 Å². The number of anilines is 3. The van der Waals surface area contributed by atoms with Gasteiger partial charge in [0.25, 0.3) is 0 Å². The van der Waals surface area contributed by atoms with Crippen LogP contribution in [0.2, 0.25) is 0 Å². The first kappa shape index (κ1) is 47.1. The van der Waals surface area contributed by atoms with Crippen LogP contribution in [0.5, 0.6) is 23.0 Å². The molecule has 17 rings (SSSR count). The Hall–Kier alpha value is -10.7.